The van der Waals surface area contributed by atoms with E-state index in [2.05, 4.69) is 21.2 Å². The van der Waals surface area contributed by atoms with Crippen molar-refractivity contribution < 1.29 is 9.53 Å². The zero-order chi connectivity index (χ0) is 15.9. The molecule has 0 spiro atoms. The Hall–Kier alpha value is -1.46. The van der Waals surface area contributed by atoms with Crippen LogP contribution >= 0.6 is 27.7 Å². The van der Waals surface area contributed by atoms with Gasteiger partial charge in [-0.25, -0.2) is 0 Å². The molecular weight excluding hydrogens is 362 g/mol. The number of benzene rings is 2. The second-order valence-corrected chi connectivity index (χ2v) is 6.56. The van der Waals surface area contributed by atoms with Crippen molar-refractivity contribution in [2.24, 2.45) is 0 Å². The van der Waals surface area contributed by atoms with Crippen molar-refractivity contribution in [3.8, 4) is 5.75 Å². The van der Waals surface area contributed by atoms with Gasteiger partial charge in [0.15, 0.2) is 6.61 Å². The Kier molecular flexibility index (Phi) is 6.34. The van der Waals surface area contributed by atoms with Crippen molar-refractivity contribution in [2.45, 2.75) is 18.4 Å². The monoisotopic (exact) mass is 379 g/mol. The molecule has 0 unspecified atom stereocenters. The first kappa shape index (κ1) is 16.9. The summed E-state index contributed by atoms with van der Waals surface area (Å²) in [6, 6.07) is 13.8. The zero-order valence-corrected chi connectivity index (χ0v) is 15.0. The number of ether oxygens (including phenoxy) is 1. The summed E-state index contributed by atoms with van der Waals surface area (Å²) in [5, 5.41) is 2.85. The summed E-state index contributed by atoms with van der Waals surface area (Å²) >= 11 is 5.13. The van der Waals surface area contributed by atoms with Gasteiger partial charge in [0.05, 0.1) is 0 Å². The second kappa shape index (κ2) is 8.25. The van der Waals surface area contributed by atoms with Gasteiger partial charge in [-0.15, -0.1) is 11.8 Å². The molecule has 0 bridgehead atoms. The number of carbonyl (C=O) groups excluding carboxylic acids is 1. The molecule has 2 rings (SSSR count). The number of aryl methyl sites for hydroxylation is 1. The van der Waals surface area contributed by atoms with Gasteiger partial charge in [0.2, 0.25) is 0 Å². The number of amides is 1. The molecule has 0 fully saturated rings. The lowest BCUT2D eigenvalue weighted by atomic mass is 10.2. The van der Waals surface area contributed by atoms with E-state index < -0.39 is 0 Å². The quantitative estimate of drug-likeness (QED) is 0.765. The molecular formula is C17H18BrNO2S. The molecule has 3 nitrogen and oxygen atoms in total. The molecule has 0 atom stereocenters. The smallest absolute Gasteiger partial charge is 0.258 e. The predicted molar refractivity (Wildman–Crippen MR) is 94.4 cm³/mol. The first-order valence-electron chi connectivity index (χ1n) is 6.87. The van der Waals surface area contributed by atoms with Crippen LogP contribution in [-0.4, -0.2) is 18.8 Å². The zero-order valence-electron chi connectivity index (χ0n) is 12.6. The molecule has 0 saturated carbocycles. The fraction of sp³-hybridized carbons (Fsp3) is 0.235. The SMILES string of the molecule is CSc1ccc(CNC(=O)COc2ccc(Br)c(C)c2)cc1. The maximum Gasteiger partial charge on any atom is 0.258 e. The van der Waals surface area contributed by atoms with E-state index in [1.54, 1.807) is 11.8 Å². The minimum Gasteiger partial charge on any atom is -0.484 e. The van der Waals surface area contributed by atoms with Gasteiger partial charge in [-0.05, 0) is 54.6 Å². The Labute approximate surface area is 143 Å². The number of nitrogens with one attached hydrogen (secondary N) is 1. The van der Waals surface area contributed by atoms with Crippen LogP contribution in [0.3, 0.4) is 0 Å². The number of carbonyl (C=O) groups is 1. The summed E-state index contributed by atoms with van der Waals surface area (Å²) in [7, 11) is 0. The molecule has 0 aliphatic carbocycles. The topological polar surface area (TPSA) is 38.3 Å². The molecule has 22 heavy (non-hydrogen) atoms. The van der Waals surface area contributed by atoms with Crippen LogP contribution < -0.4 is 10.1 Å². The van der Waals surface area contributed by atoms with Gasteiger partial charge >= 0.3 is 0 Å². The third kappa shape index (κ3) is 5.07. The maximum absolute atomic E-state index is 11.8. The first-order valence-corrected chi connectivity index (χ1v) is 8.89. The summed E-state index contributed by atoms with van der Waals surface area (Å²) in [4.78, 5) is 13.0. The predicted octanol–water partition coefficient (Wildman–Crippen LogP) is 4.17. The number of hydrogen-bond donors (Lipinski definition) is 1. The third-order valence-corrected chi connectivity index (χ3v) is 4.78. The minimum absolute atomic E-state index is 0.0178. The van der Waals surface area contributed by atoms with Gasteiger partial charge in [0.25, 0.3) is 5.91 Å². The molecule has 0 aromatic heterocycles. The first-order chi connectivity index (χ1) is 10.6. The van der Waals surface area contributed by atoms with Gasteiger partial charge in [0, 0.05) is 15.9 Å². The van der Waals surface area contributed by atoms with Crippen LogP contribution in [0.1, 0.15) is 11.1 Å². The molecule has 2 aromatic carbocycles. The Morgan fingerprint density at radius 1 is 1.23 bits per heavy atom. The number of halogens is 1. The van der Waals surface area contributed by atoms with E-state index in [9.17, 15) is 4.79 Å². The Bertz CT molecular complexity index is 644. The molecule has 0 heterocycles. The van der Waals surface area contributed by atoms with Crippen LogP contribution in [0, 0.1) is 6.92 Å². The Morgan fingerprint density at radius 3 is 2.59 bits per heavy atom. The van der Waals surface area contributed by atoms with Crippen molar-refractivity contribution in [3.05, 3.63) is 58.1 Å². The van der Waals surface area contributed by atoms with Crippen molar-refractivity contribution in [1.29, 1.82) is 0 Å². The molecule has 1 amide bonds. The maximum atomic E-state index is 11.8. The van der Waals surface area contributed by atoms with E-state index in [0.29, 0.717) is 12.3 Å². The number of thioether (sulfide) groups is 1. The standard InChI is InChI=1S/C17H18BrNO2S/c1-12-9-14(5-8-16(12)18)21-11-17(20)19-10-13-3-6-15(22-2)7-4-13/h3-9H,10-11H2,1-2H3,(H,19,20). The van der Waals surface area contributed by atoms with Crippen molar-refractivity contribution in [3.63, 3.8) is 0 Å². The minimum atomic E-state index is -0.130. The highest BCUT2D eigenvalue weighted by molar-refractivity contribution is 9.10. The molecule has 0 radical (unpaired) electrons. The van der Waals surface area contributed by atoms with E-state index in [4.69, 9.17) is 4.74 Å². The summed E-state index contributed by atoms with van der Waals surface area (Å²) < 4.78 is 6.52. The van der Waals surface area contributed by atoms with Crippen molar-refractivity contribution in [2.75, 3.05) is 12.9 Å². The highest BCUT2D eigenvalue weighted by atomic mass is 79.9. The van der Waals surface area contributed by atoms with Gasteiger partial charge in [-0.3, -0.25) is 4.79 Å². The molecule has 0 saturated heterocycles. The van der Waals surface area contributed by atoms with Gasteiger partial charge in [-0.1, -0.05) is 28.1 Å². The summed E-state index contributed by atoms with van der Waals surface area (Å²) in [5.41, 5.74) is 2.15. The lowest BCUT2D eigenvalue weighted by Gasteiger charge is -2.09. The molecule has 116 valence electrons. The fourth-order valence-corrected chi connectivity index (χ4v) is 2.51. The van der Waals surface area contributed by atoms with Crippen LogP contribution in [0.15, 0.2) is 51.8 Å². The molecule has 1 N–H and O–H groups in total. The van der Waals surface area contributed by atoms with Crippen LogP contribution in [0.4, 0.5) is 0 Å². The largest absolute Gasteiger partial charge is 0.484 e. The van der Waals surface area contributed by atoms with Gasteiger partial charge < -0.3 is 10.1 Å². The average Bonchev–Trinajstić information content (AvgIpc) is 2.54. The molecule has 0 aliphatic rings. The lowest BCUT2D eigenvalue weighted by Crippen LogP contribution is -2.28. The Morgan fingerprint density at radius 2 is 1.95 bits per heavy atom. The highest BCUT2D eigenvalue weighted by Gasteiger charge is 2.04. The molecule has 2 aromatic rings. The molecule has 5 heteroatoms. The van der Waals surface area contributed by atoms with E-state index >= 15 is 0 Å². The summed E-state index contributed by atoms with van der Waals surface area (Å²) in [6.07, 6.45) is 2.04. The molecule has 0 aliphatic heterocycles. The van der Waals surface area contributed by atoms with Crippen LogP contribution in [0.2, 0.25) is 0 Å². The van der Waals surface area contributed by atoms with E-state index in [-0.39, 0.29) is 12.5 Å². The van der Waals surface area contributed by atoms with Gasteiger partial charge in [-0.2, -0.15) is 0 Å². The van der Waals surface area contributed by atoms with Crippen LogP contribution in [0.25, 0.3) is 0 Å². The van der Waals surface area contributed by atoms with Crippen LogP contribution in [-0.2, 0) is 11.3 Å². The highest BCUT2D eigenvalue weighted by Crippen LogP contribution is 2.21. The lowest BCUT2D eigenvalue weighted by molar-refractivity contribution is -0.123. The van der Waals surface area contributed by atoms with E-state index in [0.717, 1.165) is 15.6 Å². The third-order valence-electron chi connectivity index (χ3n) is 3.15. The number of rotatable bonds is 6. The Balaban J connectivity index is 1.78. The van der Waals surface area contributed by atoms with E-state index in [1.807, 2.05) is 55.6 Å². The summed E-state index contributed by atoms with van der Waals surface area (Å²) in [6.45, 7) is 2.51. The normalized spacial score (nSPS) is 10.3. The fourth-order valence-electron chi connectivity index (χ4n) is 1.85. The van der Waals surface area contributed by atoms with Crippen molar-refractivity contribution >= 4 is 33.6 Å². The van der Waals surface area contributed by atoms with Crippen molar-refractivity contribution in [1.82, 2.24) is 5.32 Å². The van der Waals surface area contributed by atoms with E-state index in [1.165, 1.54) is 4.90 Å². The van der Waals surface area contributed by atoms with Gasteiger partial charge in [0.1, 0.15) is 5.75 Å². The van der Waals surface area contributed by atoms with Crippen LogP contribution in [0.5, 0.6) is 5.75 Å². The second-order valence-electron chi connectivity index (χ2n) is 4.82. The average molecular weight is 380 g/mol. The summed E-state index contributed by atoms with van der Waals surface area (Å²) in [5.74, 6) is 0.565. The number of hydrogen-bond acceptors (Lipinski definition) is 3.